The van der Waals surface area contributed by atoms with Gasteiger partial charge in [-0.2, -0.15) is 0 Å². The molecule has 5 heteroatoms. The lowest BCUT2D eigenvalue weighted by Crippen LogP contribution is -2.48. The first-order valence-corrected chi connectivity index (χ1v) is 9.12. The van der Waals surface area contributed by atoms with Crippen LogP contribution in [0, 0.1) is 0 Å². The molecule has 5 nitrogen and oxygen atoms in total. The van der Waals surface area contributed by atoms with Crippen molar-refractivity contribution in [2.45, 2.75) is 51.2 Å². The highest BCUT2D eigenvalue weighted by Crippen LogP contribution is 2.26. The Bertz CT molecular complexity index is 783. The van der Waals surface area contributed by atoms with Gasteiger partial charge in [-0.05, 0) is 43.9 Å². The van der Waals surface area contributed by atoms with Crippen molar-refractivity contribution in [1.82, 2.24) is 15.0 Å². The van der Waals surface area contributed by atoms with Crippen molar-refractivity contribution in [2.75, 3.05) is 14.1 Å². The third kappa shape index (κ3) is 3.09. The second-order valence-electron chi connectivity index (χ2n) is 7.34. The molecule has 1 aliphatic heterocycles. The molecular formula is C20H25N3O2. The third-order valence-electron chi connectivity index (χ3n) is 5.56. The van der Waals surface area contributed by atoms with E-state index in [0.717, 1.165) is 37.3 Å². The molecule has 2 heterocycles. The molecule has 0 radical (unpaired) electrons. The number of likely N-dealkylation sites (N-methyl/N-ethyl adjacent to an activating group) is 2. The Morgan fingerprint density at radius 2 is 2.04 bits per heavy atom. The molecule has 1 aliphatic carbocycles. The first-order chi connectivity index (χ1) is 12.1. The maximum atomic E-state index is 13.0. The Morgan fingerprint density at radius 3 is 2.88 bits per heavy atom. The SMILES string of the molecule is CN(Cc1noc2c1CCCC2)C(=O)[C@@H]1Cc2ccccc2CN1C. The van der Waals surface area contributed by atoms with Gasteiger partial charge in [0.05, 0.1) is 12.6 Å². The van der Waals surface area contributed by atoms with Crippen LogP contribution in [0.1, 0.15) is 41.0 Å². The molecule has 2 aliphatic rings. The molecule has 0 saturated heterocycles. The van der Waals surface area contributed by atoms with Crippen LogP contribution in [0.3, 0.4) is 0 Å². The van der Waals surface area contributed by atoms with Gasteiger partial charge < -0.3 is 9.42 Å². The highest BCUT2D eigenvalue weighted by molar-refractivity contribution is 5.82. The van der Waals surface area contributed by atoms with Gasteiger partial charge in [-0.3, -0.25) is 9.69 Å². The fourth-order valence-electron chi connectivity index (χ4n) is 4.06. The smallest absolute Gasteiger partial charge is 0.240 e. The van der Waals surface area contributed by atoms with Crippen molar-refractivity contribution in [2.24, 2.45) is 0 Å². The van der Waals surface area contributed by atoms with Crippen LogP contribution < -0.4 is 0 Å². The Kier molecular flexibility index (Phi) is 4.34. The predicted molar refractivity (Wildman–Crippen MR) is 95.0 cm³/mol. The molecule has 0 bridgehead atoms. The monoisotopic (exact) mass is 339 g/mol. The molecule has 1 amide bonds. The highest BCUT2D eigenvalue weighted by Gasteiger charge is 2.31. The van der Waals surface area contributed by atoms with Crippen molar-refractivity contribution in [3.63, 3.8) is 0 Å². The summed E-state index contributed by atoms with van der Waals surface area (Å²) in [7, 11) is 3.91. The van der Waals surface area contributed by atoms with E-state index in [1.165, 1.54) is 29.5 Å². The molecule has 132 valence electrons. The van der Waals surface area contributed by atoms with Crippen LogP contribution in [-0.4, -0.2) is 41.0 Å². The predicted octanol–water partition coefficient (Wildman–Crippen LogP) is 2.57. The number of carbonyl (C=O) groups excluding carboxylic acids is 1. The molecule has 4 rings (SSSR count). The molecule has 0 N–H and O–H groups in total. The number of fused-ring (bicyclic) bond motifs is 2. The fraction of sp³-hybridized carbons (Fsp3) is 0.500. The molecule has 0 fully saturated rings. The Labute approximate surface area is 148 Å². The lowest BCUT2D eigenvalue weighted by atomic mass is 9.93. The molecule has 2 aromatic rings. The third-order valence-corrected chi connectivity index (χ3v) is 5.56. The number of hydrogen-bond donors (Lipinski definition) is 0. The number of nitrogens with zero attached hydrogens (tertiary/aromatic N) is 3. The zero-order chi connectivity index (χ0) is 17.4. The minimum Gasteiger partial charge on any atom is -0.361 e. The zero-order valence-electron chi connectivity index (χ0n) is 15.0. The molecular weight excluding hydrogens is 314 g/mol. The maximum Gasteiger partial charge on any atom is 0.240 e. The first kappa shape index (κ1) is 16.3. The van der Waals surface area contributed by atoms with Crippen molar-refractivity contribution in [3.8, 4) is 0 Å². The average Bonchev–Trinajstić information content (AvgIpc) is 3.03. The summed E-state index contributed by atoms with van der Waals surface area (Å²) in [5.41, 5.74) is 4.77. The fourth-order valence-corrected chi connectivity index (χ4v) is 4.06. The quantitative estimate of drug-likeness (QED) is 0.862. The number of aromatic nitrogens is 1. The summed E-state index contributed by atoms with van der Waals surface area (Å²) in [5, 5.41) is 4.24. The molecule has 25 heavy (non-hydrogen) atoms. The number of benzene rings is 1. The minimum atomic E-state index is -0.109. The molecule has 0 unspecified atom stereocenters. The number of rotatable bonds is 3. The van der Waals surface area contributed by atoms with Gasteiger partial charge >= 0.3 is 0 Å². The molecule has 1 atom stereocenters. The van der Waals surface area contributed by atoms with Crippen LogP contribution in [0.15, 0.2) is 28.8 Å². The van der Waals surface area contributed by atoms with Crippen molar-refractivity contribution >= 4 is 5.91 Å². The van der Waals surface area contributed by atoms with Crippen LogP contribution in [-0.2, 0) is 37.1 Å². The van der Waals surface area contributed by atoms with E-state index in [-0.39, 0.29) is 11.9 Å². The van der Waals surface area contributed by atoms with Gasteiger partial charge in [-0.15, -0.1) is 0 Å². The Balaban J connectivity index is 1.48. The molecule has 0 saturated carbocycles. The number of carbonyl (C=O) groups is 1. The van der Waals surface area contributed by atoms with Crippen LogP contribution in [0.5, 0.6) is 0 Å². The Morgan fingerprint density at radius 1 is 1.28 bits per heavy atom. The van der Waals surface area contributed by atoms with E-state index in [2.05, 4.69) is 34.3 Å². The number of hydrogen-bond acceptors (Lipinski definition) is 4. The standard InChI is InChI=1S/C20H25N3O2/c1-22-12-15-8-4-3-7-14(15)11-18(22)20(24)23(2)13-17-16-9-5-6-10-19(16)25-21-17/h3-4,7-8,18H,5-6,9-13H2,1-2H3/t18-/m0/s1. The van der Waals surface area contributed by atoms with Crippen molar-refractivity contribution in [3.05, 3.63) is 52.4 Å². The van der Waals surface area contributed by atoms with Gasteiger partial charge in [-0.1, -0.05) is 29.4 Å². The van der Waals surface area contributed by atoms with Crippen molar-refractivity contribution < 1.29 is 9.32 Å². The van der Waals surface area contributed by atoms with Crippen molar-refractivity contribution in [1.29, 1.82) is 0 Å². The number of aryl methyl sites for hydroxylation is 1. The van der Waals surface area contributed by atoms with E-state index >= 15 is 0 Å². The van der Waals surface area contributed by atoms with E-state index in [4.69, 9.17) is 4.52 Å². The summed E-state index contributed by atoms with van der Waals surface area (Å²) >= 11 is 0. The second-order valence-corrected chi connectivity index (χ2v) is 7.34. The Hall–Kier alpha value is -2.14. The summed E-state index contributed by atoms with van der Waals surface area (Å²) in [4.78, 5) is 17.0. The molecule has 1 aromatic carbocycles. The lowest BCUT2D eigenvalue weighted by Gasteiger charge is -2.35. The maximum absolute atomic E-state index is 13.0. The lowest BCUT2D eigenvalue weighted by molar-refractivity contribution is -0.136. The molecule has 1 aromatic heterocycles. The van der Waals surface area contributed by atoms with Gasteiger partial charge in [0.1, 0.15) is 11.5 Å². The largest absolute Gasteiger partial charge is 0.361 e. The highest BCUT2D eigenvalue weighted by atomic mass is 16.5. The first-order valence-electron chi connectivity index (χ1n) is 9.12. The van der Waals surface area contributed by atoms with Gasteiger partial charge in [0.25, 0.3) is 0 Å². The summed E-state index contributed by atoms with van der Waals surface area (Å²) in [6.07, 6.45) is 5.12. The van der Waals surface area contributed by atoms with Gasteiger partial charge in [-0.25, -0.2) is 0 Å². The van der Waals surface area contributed by atoms with Gasteiger partial charge in [0, 0.05) is 25.6 Å². The van der Waals surface area contributed by atoms with E-state index in [9.17, 15) is 4.79 Å². The van der Waals surface area contributed by atoms with E-state index in [1.54, 1.807) is 0 Å². The van der Waals surface area contributed by atoms with Gasteiger partial charge in [0.15, 0.2) is 0 Å². The van der Waals surface area contributed by atoms with Crippen LogP contribution >= 0.6 is 0 Å². The second kappa shape index (κ2) is 6.64. The number of amides is 1. The van der Waals surface area contributed by atoms with Crippen LogP contribution in [0.4, 0.5) is 0 Å². The topological polar surface area (TPSA) is 49.6 Å². The zero-order valence-corrected chi connectivity index (χ0v) is 15.0. The van der Waals surface area contributed by atoms with Gasteiger partial charge in [0.2, 0.25) is 5.91 Å². The van der Waals surface area contributed by atoms with E-state index in [0.29, 0.717) is 6.54 Å². The summed E-state index contributed by atoms with van der Waals surface area (Å²) < 4.78 is 5.48. The molecule has 0 spiro atoms. The van der Waals surface area contributed by atoms with Crippen LogP contribution in [0.2, 0.25) is 0 Å². The normalized spacial score (nSPS) is 20.0. The average molecular weight is 339 g/mol. The van der Waals surface area contributed by atoms with E-state index < -0.39 is 0 Å². The minimum absolute atomic E-state index is 0.109. The van der Waals surface area contributed by atoms with E-state index in [1.807, 2.05) is 19.0 Å². The summed E-state index contributed by atoms with van der Waals surface area (Å²) in [5.74, 6) is 1.18. The van der Waals surface area contributed by atoms with Crippen LogP contribution in [0.25, 0.3) is 0 Å². The summed E-state index contributed by atoms with van der Waals surface area (Å²) in [6, 6.07) is 8.29. The summed E-state index contributed by atoms with van der Waals surface area (Å²) in [6.45, 7) is 1.35.